The van der Waals surface area contributed by atoms with Crippen LogP contribution in [-0.4, -0.2) is 39.6 Å². The van der Waals surface area contributed by atoms with Gasteiger partial charge in [0.1, 0.15) is 0 Å². The fraction of sp³-hybridized carbons (Fsp3) is 0.500. The average molecular weight is 352 g/mol. The maximum Gasteiger partial charge on any atom is 0.280 e. The van der Waals surface area contributed by atoms with E-state index >= 15 is 0 Å². The molecule has 1 aromatic rings. The number of sulfone groups is 1. The number of anilines is 1. The van der Waals surface area contributed by atoms with Crippen molar-refractivity contribution in [3.63, 3.8) is 0 Å². The number of carbonyl (C=O) groups excluding carboxylic acids is 1. The van der Waals surface area contributed by atoms with Crippen molar-refractivity contribution in [1.29, 1.82) is 0 Å². The summed E-state index contributed by atoms with van der Waals surface area (Å²) in [6, 6.07) is 4.60. The molecule has 0 atom stereocenters. The van der Waals surface area contributed by atoms with Gasteiger partial charge in [0.2, 0.25) is 0 Å². The lowest BCUT2D eigenvalue weighted by atomic mass is 10.1. The average Bonchev–Trinajstić information content (AvgIpc) is 2.45. The number of hydrogen-bond donors (Lipinski definition) is 2. The Morgan fingerprint density at radius 2 is 1.67 bits per heavy atom. The predicted molar refractivity (Wildman–Crippen MR) is 95.0 cm³/mol. The molecule has 0 spiro atoms. The van der Waals surface area contributed by atoms with E-state index in [0.717, 1.165) is 45.0 Å². The number of aliphatic imine (C=N–C) groups is 1. The number of nitrogens with two attached hydrogens (primary N) is 2. The predicted octanol–water partition coefficient (Wildman–Crippen LogP) is 1.27. The highest BCUT2D eigenvalue weighted by Gasteiger charge is 2.21. The maximum atomic E-state index is 12.2. The van der Waals surface area contributed by atoms with Crippen LogP contribution < -0.4 is 16.4 Å². The zero-order valence-corrected chi connectivity index (χ0v) is 14.7. The molecule has 0 saturated carbocycles. The van der Waals surface area contributed by atoms with E-state index in [1.807, 2.05) is 0 Å². The zero-order chi connectivity index (χ0) is 17.7. The van der Waals surface area contributed by atoms with Crippen LogP contribution in [0, 0.1) is 0 Å². The first-order valence-corrected chi connectivity index (χ1v) is 9.91. The SMILES string of the molecule is CS(=O)(=O)c1cc(C(=O)N=C(N)N)ccc1N1CCCCCCC1. The molecule has 132 valence electrons. The van der Waals surface area contributed by atoms with Crippen LogP contribution in [0.25, 0.3) is 0 Å². The molecule has 7 nitrogen and oxygen atoms in total. The lowest BCUT2D eigenvalue weighted by Gasteiger charge is -2.28. The third-order valence-electron chi connectivity index (χ3n) is 4.03. The van der Waals surface area contributed by atoms with Crippen LogP contribution in [0.2, 0.25) is 0 Å². The molecular formula is C16H24N4O3S. The van der Waals surface area contributed by atoms with E-state index in [4.69, 9.17) is 11.5 Å². The first kappa shape index (κ1) is 18.3. The van der Waals surface area contributed by atoms with Crippen molar-refractivity contribution >= 4 is 27.4 Å². The molecule has 1 aliphatic heterocycles. The second-order valence-electron chi connectivity index (χ2n) is 6.05. The molecule has 0 aliphatic carbocycles. The van der Waals surface area contributed by atoms with Crippen LogP contribution in [0.3, 0.4) is 0 Å². The van der Waals surface area contributed by atoms with E-state index in [9.17, 15) is 13.2 Å². The summed E-state index contributed by atoms with van der Waals surface area (Å²) in [7, 11) is -3.49. The van der Waals surface area contributed by atoms with E-state index in [0.29, 0.717) is 5.69 Å². The molecule has 1 fully saturated rings. The van der Waals surface area contributed by atoms with E-state index < -0.39 is 15.7 Å². The summed E-state index contributed by atoms with van der Waals surface area (Å²) in [6.07, 6.45) is 6.71. The fourth-order valence-corrected chi connectivity index (χ4v) is 3.79. The maximum absolute atomic E-state index is 12.2. The summed E-state index contributed by atoms with van der Waals surface area (Å²) in [5.41, 5.74) is 11.2. The van der Waals surface area contributed by atoms with Gasteiger partial charge < -0.3 is 16.4 Å². The van der Waals surface area contributed by atoms with Gasteiger partial charge in [-0.25, -0.2) is 8.42 Å². The summed E-state index contributed by atoms with van der Waals surface area (Å²) in [4.78, 5) is 17.7. The molecule has 1 aliphatic rings. The van der Waals surface area contributed by atoms with Gasteiger partial charge in [-0.05, 0) is 31.0 Å². The molecule has 0 aromatic heterocycles. The molecule has 4 N–H and O–H groups in total. The summed E-state index contributed by atoms with van der Waals surface area (Å²) < 4.78 is 24.4. The lowest BCUT2D eigenvalue weighted by molar-refractivity contribution is 0.100. The number of nitrogens with zero attached hydrogens (tertiary/aromatic N) is 2. The Labute approximate surface area is 142 Å². The van der Waals surface area contributed by atoms with Crippen molar-refractivity contribution in [3.8, 4) is 0 Å². The van der Waals surface area contributed by atoms with Crippen LogP contribution in [0.1, 0.15) is 42.5 Å². The lowest BCUT2D eigenvalue weighted by Crippen LogP contribution is -2.28. The molecule has 8 heteroatoms. The topological polar surface area (TPSA) is 119 Å². The van der Waals surface area contributed by atoms with Crippen molar-refractivity contribution in [3.05, 3.63) is 23.8 Å². The van der Waals surface area contributed by atoms with Crippen molar-refractivity contribution in [2.45, 2.75) is 37.0 Å². The first-order valence-electron chi connectivity index (χ1n) is 8.02. The minimum atomic E-state index is -3.49. The van der Waals surface area contributed by atoms with Gasteiger partial charge in [0.15, 0.2) is 15.8 Å². The number of amides is 1. The fourth-order valence-electron chi connectivity index (χ4n) is 2.88. The third kappa shape index (κ3) is 4.70. The van der Waals surface area contributed by atoms with Crippen molar-refractivity contribution in [1.82, 2.24) is 0 Å². The van der Waals surface area contributed by atoms with Gasteiger partial charge in [0.05, 0.1) is 10.6 Å². The summed E-state index contributed by atoms with van der Waals surface area (Å²) in [6.45, 7) is 1.62. The highest BCUT2D eigenvalue weighted by molar-refractivity contribution is 7.90. The Balaban J connectivity index is 2.44. The molecule has 0 radical (unpaired) electrons. The Bertz CT molecular complexity index is 732. The van der Waals surface area contributed by atoms with Gasteiger partial charge in [-0.2, -0.15) is 4.99 Å². The number of hydrogen-bond acceptors (Lipinski definition) is 4. The van der Waals surface area contributed by atoms with Gasteiger partial charge in [0.25, 0.3) is 5.91 Å². The smallest absolute Gasteiger partial charge is 0.280 e. The standard InChI is InChI=1S/C16H24N4O3S/c1-24(22,23)14-11-12(15(21)19-16(17)18)7-8-13(14)20-9-5-3-2-4-6-10-20/h7-8,11H,2-6,9-10H2,1H3,(H4,17,18,19,21). The molecule has 1 saturated heterocycles. The van der Waals surface area contributed by atoms with Crippen LogP contribution in [0.5, 0.6) is 0 Å². The monoisotopic (exact) mass is 352 g/mol. The summed E-state index contributed by atoms with van der Waals surface area (Å²) >= 11 is 0. The third-order valence-corrected chi connectivity index (χ3v) is 5.16. The molecule has 0 bridgehead atoms. The molecule has 1 aromatic carbocycles. The highest BCUT2D eigenvalue weighted by atomic mass is 32.2. The normalized spacial score (nSPS) is 16.1. The van der Waals surface area contributed by atoms with Crippen molar-refractivity contribution in [2.24, 2.45) is 16.5 Å². The summed E-state index contributed by atoms with van der Waals surface area (Å²) in [5, 5.41) is 0. The van der Waals surface area contributed by atoms with Gasteiger partial charge in [-0.15, -0.1) is 0 Å². The molecule has 24 heavy (non-hydrogen) atoms. The number of benzene rings is 1. The van der Waals surface area contributed by atoms with Crippen LogP contribution in [0.15, 0.2) is 28.1 Å². The second kappa shape index (κ2) is 7.65. The molecule has 0 unspecified atom stereocenters. The molecule has 1 amide bonds. The van der Waals surface area contributed by atoms with E-state index in [-0.39, 0.29) is 16.4 Å². The molecule has 1 heterocycles. The van der Waals surface area contributed by atoms with Gasteiger partial charge in [-0.3, -0.25) is 4.79 Å². The van der Waals surface area contributed by atoms with Crippen LogP contribution in [0.4, 0.5) is 5.69 Å². The molecular weight excluding hydrogens is 328 g/mol. The van der Waals surface area contributed by atoms with Gasteiger partial charge in [0, 0.05) is 24.9 Å². The minimum absolute atomic E-state index is 0.139. The first-order chi connectivity index (χ1) is 11.3. The van der Waals surface area contributed by atoms with E-state index in [2.05, 4.69) is 9.89 Å². The number of rotatable bonds is 3. The van der Waals surface area contributed by atoms with Gasteiger partial charge in [-0.1, -0.05) is 19.3 Å². The Morgan fingerprint density at radius 3 is 2.21 bits per heavy atom. The highest BCUT2D eigenvalue weighted by Crippen LogP contribution is 2.28. The van der Waals surface area contributed by atoms with Crippen LogP contribution in [-0.2, 0) is 9.84 Å². The van der Waals surface area contributed by atoms with Crippen LogP contribution >= 0.6 is 0 Å². The second-order valence-corrected chi connectivity index (χ2v) is 8.04. The Morgan fingerprint density at radius 1 is 1.08 bits per heavy atom. The Hall–Kier alpha value is -2.09. The zero-order valence-electron chi connectivity index (χ0n) is 13.9. The number of guanidine groups is 1. The van der Waals surface area contributed by atoms with Crippen molar-refractivity contribution < 1.29 is 13.2 Å². The quantitative estimate of drug-likeness (QED) is 0.624. The van der Waals surface area contributed by atoms with Gasteiger partial charge >= 0.3 is 0 Å². The van der Waals surface area contributed by atoms with E-state index in [1.54, 1.807) is 12.1 Å². The summed E-state index contributed by atoms with van der Waals surface area (Å²) in [5.74, 6) is -1.01. The number of carbonyl (C=O) groups is 1. The molecule has 2 rings (SSSR count). The minimum Gasteiger partial charge on any atom is -0.370 e. The largest absolute Gasteiger partial charge is 0.370 e. The van der Waals surface area contributed by atoms with E-state index in [1.165, 1.54) is 12.5 Å². The van der Waals surface area contributed by atoms with Crippen molar-refractivity contribution in [2.75, 3.05) is 24.2 Å². The Kier molecular flexibility index (Phi) is 5.82.